The van der Waals surface area contributed by atoms with Gasteiger partial charge in [-0.25, -0.2) is 4.79 Å². The average Bonchev–Trinajstić information content (AvgIpc) is 2.66. The molecule has 0 spiro atoms. The van der Waals surface area contributed by atoms with E-state index in [-0.39, 0.29) is 37.2 Å². The lowest BCUT2D eigenvalue weighted by Crippen LogP contribution is -2.53. The monoisotopic (exact) mass is 424 g/mol. The summed E-state index contributed by atoms with van der Waals surface area (Å²) in [5.41, 5.74) is 0.577. The fourth-order valence-electron chi connectivity index (χ4n) is 2.66. The van der Waals surface area contributed by atoms with Crippen LogP contribution in [0.15, 0.2) is 24.3 Å². The molecule has 10 nitrogen and oxygen atoms in total. The third-order valence-electron chi connectivity index (χ3n) is 4.41. The summed E-state index contributed by atoms with van der Waals surface area (Å²) in [6.45, 7) is 2.88. The molecule has 0 heterocycles. The SMILES string of the molecule is CC(O)CCC(=O)CC(N[C@@H](C)C(=O)N[C@@H](Cc1ccc(O)cc1)C(=O)O)C(=O)O. The van der Waals surface area contributed by atoms with Crippen molar-refractivity contribution in [1.29, 1.82) is 0 Å². The Labute approximate surface area is 173 Å². The van der Waals surface area contributed by atoms with Crippen molar-refractivity contribution in [2.45, 2.75) is 63.8 Å². The van der Waals surface area contributed by atoms with Crippen LogP contribution in [0.1, 0.15) is 38.7 Å². The number of amides is 1. The van der Waals surface area contributed by atoms with Gasteiger partial charge in [0.05, 0.1) is 12.1 Å². The molecule has 2 unspecified atom stereocenters. The highest BCUT2D eigenvalue weighted by atomic mass is 16.4. The number of rotatable bonds is 13. The summed E-state index contributed by atoms with van der Waals surface area (Å²) in [5, 5.41) is 42.1. The fraction of sp³-hybridized carbons (Fsp3) is 0.500. The minimum atomic E-state index is -1.33. The van der Waals surface area contributed by atoms with Crippen LogP contribution in [0.25, 0.3) is 0 Å². The molecule has 0 aromatic heterocycles. The van der Waals surface area contributed by atoms with Gasteiger partial charge < -0.3 is 25.7 Å². The molecular formula is C20H28N2O8. The van der Waals surface area contributed by atoms with E-state index in [1.165, 1.54) is 38.1 Å². The van der Waals surface area contributed by atoms with Crippen molar-refractivity contribution in [2.75, 3.05) is 0 Å². The van der Waals surface area contributed by atoms with Gasteiger partial charge in [0, 0.05) is 19.3 Å². The number of aliphatic hydroxyl groups is 1. The number of aliphatic hydroxyl groups excluding tert-OH is 1. The van der Waals surface area contributed by atoms with Crippen molar-refractivity contribution in [3.8, 4) is 5.75 Å². The molecule has 0 aliphatic rings. The van der Waals surface area contributed by atoms with Crippen LogP contribution in [0, 0.1) is 0 Å². The van der Waals surface area contributed by atoms with Gasteiger partial charge in [-0.05, 0) is 38.0 Å². The zero-order valence-corrected chi connectivity index (χ0v) is 16.9. The number of hydrogen-bond acceptors (Lipinski definition) is 7. The van der Waals surface area contributed by atoms with E-state index < -0.39 is 42.1 Å². The molecular weight excluding hydrogens is 396 g/mol. The molecule has 30 heavy (non-hydrogen) atoms. The normalized spacial score (nSPS) is 14.9. The van der Waals surface area contributed by atoms with E-state index in [9.17, 15) is 39.6 Å². The lowest BCUT2D eigenvalue weighted by molar-refractivity contribution is -0.143. The lowest BCUT2D eigenvalue weighted by Gasteiger charge is -2.22. The van der Waals surface area contributed by atoms with Crippen LogP contribution in [0.2, 0.25) is 0 Å². The summed E-state index contributed by atoms with van der Waals surface area (Å²) < 4.78 is 0. The van der Waals surface area contributed by atoms with Crippen LogP contribution < -0.4 is 10.6 Å². The molecule has 0 saturated heterocycles. The number of phenols is 1. The van der Waals surface area contributed by atoms with Gasteiger partial charge >= 0.3 is 11.9 Å². The van der Waals surface area contributed by atoms with E-state index in [1.807, 2.05) is 0 Å². The van der Waals surface area contributed by atoms with E-state index in [0.717, 1.165) is 0 Å². The highest BCUT2D eigenvalue weighted by Gasteiger charge is 2.28. The Balaban J connectivity index is 2.69. The van der Waals surface area contributed by atoms with Gasteiger partial charge in [0.2, 0.25) is 5.91 Å². The average molecular weight is 424 g/mol. The van der Waals surface area contributed by atoms with Gasteiger partial charge in [0.15, 0.2) is 0 Å². The van der Waals surface area contributed by atoms with Crippen molar-refractivity contribution in [3.63, 3.8) is 0 Å². The van der Waals surface area contributed by atoms with Crippen LogP contribution in [-0.2, 0) is 25.6 Å². The van der Waals surface area contributed by atoms with Crippen LogP contribution in [0.5, 0.6) is 5.75 Å². The number of phenolic OH excluding ortho intramolecular Hbond substituents is 1. The molecule has 1 amide bonds. The molecule has 1 rings (SSSR count). The predicted octanol–water partition coefficient (Wildman–Crippen LogP) is 0.0556. The highest BCUT2D eigenvalue weighted by molar-refractivity contribution is 5.89. The number of benzene rings is 1. The summed E-state index contributed by atoms with van der Waals surface area (Å²) in [6.07, 6.45) is -0.864. The minimum Gasteiger partial charge on any atom is -0.508 e. The molecule has 1 aromatic carbocycles. The topological polar surface area (TPSA) is 173 Å². The first-order valence-electron chi connectivity index (χ1n) is 9.49. The maximum atomic E-state index is 12.4. The third kappa shape index (κ3) is 9.01. The second-order valence-corrected chi connectivity index (χ2v) is 7.18. The quantitative estimate of drug-likeness (QED) is 0.256. The first-order valence-corrected chi connectivity index (χ1v) is 9.49. The fourth-order valence-corrected chi connectivity index (χ4v) is 2.66. The van der Waals surface area contributed by atoms with Gasteiger partial charge in [-0.1, -0.05) is 12.1 Å². The largest absolute Gasteiger partial charge is 0.508 e. The van der Waals surface area contributed by atoms with Crippen molar-refractivity contribution < 1.29 is 39.6 Å². The van der Waals surface area contributed by atoms with E-state index in [1.54, 1.807) is 0 Å². The Kier molecular flexibility index (Phi) is 9.93. The summed E-state index contributed by atoms with van der Waals surface area (Å²) in [5.74, 6) is -3.68. The number of carboxylic acids is 2. The van der Waals surface area contributed by atoms with E-state index >= 15 is 0 Å². The maximum absolute atomic E-state index is 12.4. The third-order valence-corrected chi connectivity index (χ3v) is 4.41. The van der Waals surface area contributed by atoms with Crippen LogP contribution in [0.3, 0.4) is 0 Å². The summed E-state index contributed by atoms with van der Waals surface area (Å²) in [7, 11) is 0. The summed E-state index contributed by atoms with van der Waals surface area (Å²) >= 11 is 0. The Bertz CT molecular complexity index is 748. The van der Waals surface area contributed by atoms with Gasteiger partial charge in [0.25, 0.3) is 0 Å². The summed E-state index contributed by atoms with van der Waals surface area (Å²) in [6, 6.07) is 2.18. The van der Waals surface area contributed by atoms with E-state index in [2.05, 4.69) is 10.6 Å². The van der Waals surface area contributed by atoms with Gasteiger partial charge in [0.1, 0.15) is 23.6 Å². The molecule has 0 saturated carbocycles. The van der Waals surface area contributed by atoms with Gasteiger partial charge in [-0.2, -0.15) is 0 Å². The van der Waals surface area contributed by atoms with Gasteiger partial charge in [-0.15, -0.1) is 0 Å². The van der Waals surface area contributed by atoms with Crippen LogP contribution in [-0.4, -0.2) is 68.3 Å². The number of Topliss-reactive ketones (excluding diaryl/α,β-unsaturated/α-hetero) is 1. The van der Waals surface area contributed by atoms with Crippen molar-refractivity contribution in [1.82, 2.24) is 10.6 Å². The zero-order valence-electron chi connectivity index (χ0n) is 16.9. The van der Waals surface area contributed by atoms with Crippen molar-refractivity contribution >= 4 is 23.6 Å². The Hall–Kier alpha value is -2.98. The predicted molar refractivity (Wildman–Crippen MR) is 106 cm³/mol. The maximum Gasteiger partial charge on any atom is 0.326 e. The molecule has 166 valence electrons. The summed E-state index contributed by atoms with van der Waals surface area (Å²) in [4.78, 5) is 47.2. The number of ketones is 1. The second kappa shape index (κ2) is 11.9. The van der Waals surface area contributed by atoms with E-state index in [4.69, 9.17) is 0 Å². The first kappa shape index (κ1) is 25.1. The number of carbonyl (C=O) groups excluding carboxylic acids is 2. The number of carboxylic acid groups (broad SMARTS) is 2. The first-order chi connectivity index (χ1) is 14.0. The number of hydrogen-bond donors (Lipinski definition) is 6. The molecule has 0 radical (unpaired) electrons. The Morgan fingerprint density at radius 1 is 0.967 bits per heavy atom. The highest BCUT2D eigenvalue weighted by Crippen LogP contribution is 2.12. The number of nitrogens with one attached hydrogen (secondary N) is 2. The molecule has 1 aromatic rings. The molecule has 10 heteroatoms. The molecule has 0 aliphatic carbocycles. The van der Waals surface area contributed by atoms with Crippen LogP contribution in [0.4, 0.5) is 0 Å². The van der Waals surface area contributed by atoms with Crippen molar-refractivity contribution in [2.24, 2.45) is 0 Å². The minimum absolute atomic E-state index is 0.0113. The van der Waals surface area contributed by atoms with Crippen LogP contribution >= 0.6 is 0 Å². The van der Waals surface area contributed by atoms with E-state index in [0.29, 0.717) is 5.56 Å². The molecule has 0 bridgehead atoms. The molecule has 6 N–H and O–H groups in total. The zero-order chi connectivity index (χ0) is 22.8. The molecule has 4 atom stereocenters. The lowest BCUT2D eigenvalue weighted by atomic mass is 10.0. The Morgan fingerprint density at radius 3 is 2.03 bits per heavy atom. The standard InChI is InChI=1S/C20H28N2O8/c1-11(23)3-6-15(25)10-17(20(29)30)21-12(2)18(26)22-16(19(27)28)9-13-4-7-14(24)8-5-13/h4-5,7-8,11-12,16-17,21,23-24H,3,6,9-10H2,1-2H3,(H,22,26)(H,27,28)(H,29,30)/t11?,12-,16-,17?/m0/s1. The Morgan fingerprint density at radius 2 is 1.53 bits per heavy atom. The molecule has 0 aliphatic heterocycles. The number of aromatic hydroxyl groups is 1. The van der Waals surface area contributed by atoms with Crippen molar-refractivity contribution in [3.05, 3.63) is 29.8 Å². The smallest absolute Gasteiger partial charge is 0.326 e. The van der Waals surface area contributed by atoms with Gasteiger partial charge in [-0.3, -0.25) is 19.7 Å². The second-order valence-electron chi connectivity index (χ2n) is 7.18. The molecule has 0 fully saturated rings. The number of carbonyl (C=O) groups is 4. The number of aliphatic carboxylic acids is 2.